The summed E-state index contributed by atoms with van der Waals surface area (Å²) in [4.78, 5) is 0. The minimum Gasteiger partial charge on any atom is -0.211 e. The molecule has 0 unspecified atom stereocenters. The van der Waals surface area contributed by atoms with E-state index in [1.54, 1.807) is 0 Å². The van der Waals surface area contributed by atoms with Crippen LogP contribution >= 0.6 is 0 Å². The van der Waals surface area contributed by atoms with Crippen LogP contribution in [0.2, 0.25) is 0 Å². The van der Waals surface area contributed by atoms with Gasteiger partial charge in [-0.3, -0.25) is 0 Å². The molecule has 0 bridgehead atoms. The van der Waals surface area contributed by atoms with Crippen molar-refractivity contribution in [1.82, 2.24) is 0 Å². The van der Waals surface area contributed by atoms with Gasteiger partial charge in [0.2, 0.25) is 6.43 Å². The summed E-state index contributed by atoms with van der Waals surface area (Å²) in [7, 11) is 0. The number of alkyl halides is 2. The van der Waals surface area contributed by atoms with E-state index in [0.717, 1.165) is 24.2 Å². The van der Waals surface area contributed by atoms with Crippen molar-refractivity contribution >= 4 is 0 Å². The minimum absolute atomic E-state index is 0.108. The highest BCUT2D eigenvalue weighted by atomic mass is 19.3. The summed E-state index contributed by atoms with van der Waals surface area (Å²) in [5.74, 6) is 3.08. The molecule has 0 nitrogen and oxygen atoms in total. The highest BCUT2D eigenvalue weighted by molar-refractivity contribution is 5.24. The van der Waals surface area contributed by atoms with E-state index in [4.69, 9.17) is 0 Å². The van der Waals surface area contributed by atoms with Crippen molar-refractivity contribution in [1.29, 1.82) is 0 Å². The summed E-state index contributed by atoms with van der Waals surface area (Å²) in [6.07, 6.45) is 9.08. The topological polar surface area (TPSA) is 0 Å². The van der Waals surface area contributed by atoms with Crippen LogP contribution in [0.15, 0.2) is 24.3 Å². The Hall–Kier alpha value is -0.920. The highest BCUT2D eigenvalue weighted by Crippen LogP contribution is 2.44. The fraction of sp³-hybridized carbons (Fsp3) is 0.727. The molecule has 0 atom stereocenters. The maximum absolute atomic E-state index is 12.4. The second kappa shape index (κ2) is 8.45. The van der Waals surface area contributed by atoms with Gasteiger partial charge in [0.1, 0.15) is 0 Å². The van der Waals surface area contributed by atoms with Crippen LogP contribution in [-0.2, 0) is 0 Å². The van der Waals surface area contributed by atoms with Gasteiger partial charge < -0.3 is 0 Å². The van der Waals surface area contributed by atoms with Gasteiger partial charge >= 0.3 is 0 Å². The van der Waals surface area contributed by atoms with Crippen molar-refractivity contribution in [3.05, 3.63) is 35.4 Å². The molecular formula is C22H32F2. The molecule has 1 aromatic rings. The Bertz CT molecular complexity index is 477. The van der Waals surface area contributed by atoms with Crippen molar-refractivity contribution in [3.63, 3.8) is 0 Å². The summed E-state index contributed by atoms with van der Waals surface area (Å²) >= 11 is 0. The standard InChI is InChI=1S/C22H32F2/c1-16-2-7-18(8-3-16)20-11-13-21(14-12-20)19-9-4-17(5-10-19)6-15-22(23)24/h2-3,7-8,17,19-22H,4-6,9-15H2,1H3. The first kappa shape index (κ1) is 17.9. The fourth-order valence-electron chi connectivity index (χ4n) is 5.07. The summed E-state index contributed by atoms with van der Waals surface area (Å²) in [6.45, 7) is 2.15. The van der Waals surface area contributed by atoms with Gasteiger partial charge in [0.15, 0.2) is 0 Å². The molecule has 2 aliphatic rings. The van der Waals surface area contributed by atoms with E-state index in [2.05, 4.69) is 31.2 Å². The van der Waals surface area contributed by atoms with Crippen molar-refractivity contribution in [2.75, 3.05) is 0 Å². The van der Waals surface area contributed by atoms with E-state index in [1.165, 1.54) is 62.5 Å². The van der Waals surface area contributed by atoms with E-state index in [-0.39, 0.29) is 6.42 Å². The molecule has 0 amide bonds. The van der Waals surface area contributed by atoms with Gasteiger partial charge in [0, 0.05) is 6.42 Å². The lowest BCUT2D eigenvalue weighted by molar-refractivity contribution is 0.111. The summed E-state index contributed by atoms with van der Waals surface area (Å²) in [6, 6.07) is 9.10. The molecule has 0 aliphatic heterocycles. The second-order valence-electron chi connectivity index (χ2n) is 8.27. The van der Waals surface area contributed by atoms with Crippen LogP contribution in [0, 0.1) is 24.7 Å². The molecule has 3 rings (SSSR count). The van der Waals surface area contributed by atoms with Crippen molar-refractivity contribution in [3.8, 4) is 0 Å². The number of rotatable bonds is 5. The Labute approximate surface area is 146 Å². The Balaban J connectivity index is 1.42. The Morgan fingerprint density at radius 2 is 1.38 bits per heavy atom. The first-order valence-corrected chi connectivity index (χ1v) is 9.96. The molecule has 2 saturated carbocycles. The average molecular weight is 334 g/mol. The molecule has 0 saturated heterocycles. The Kier molecular flexibility index (Phi) is 6.30. The van der Waals surface area contributed by atoms with Crippen molar-refractivity contribution in [2.45, 2.75) is 83.5 Å². The first-order chi connectivity index (χ1) is 11.6. The second-order valence-corrected chi connectivity index (χ2v) is 8.27. The lowest BCUT2D eigenvalue weighted by Crippen LogP contribution is -2.25. The Morgan fingerprint density at radius 1 is 0.833 bits per heavy atom. The predicted octanol–water partition coefficient (Wildman–Crippen LogP) is 7.12. The third-order valence-corrected chi connectivity index (χ3v) is 6.67. The molecule has 0 radical (unpaired) electrons. The molecule has 24 heavy (non-hydrogen) atoms. The van der Waals surface area contributed by atoms with Gasteiger partial charge in [-0.05, 0) is 81.1 Å². The maximum Gasteiger partial charge on any atom is 0.238 e. The summed E-state index contributed by atoms with van der Waals surface area (Å²) in [5.41, 5.74) is 2.87. The van der Waals surface area contributed by atoms with Crippen LogP contribution in [0.4, 0.5) is 8.78 Å². The maximum atomic E-state index is 12.4. The van der Waals surface area contributed by atoms with Gasteiger partial charge in [-0.15, -0.1) is 0 Å². The van der Waals surface area contributed by atoms with Crippen molar-refractivity contribution < 1.29 is 8.78 Å². The zero-order valence-electron chi connectivity index (χ0n) is 15.0. The summed E-state index contributed by atoms with van der Waals surface area (Å²) in [5, 5.41) is 0. The van der Waals surface area contributed by atoms with Gasteiger partial charge in [-0.1, -0.05) is 42.7 Å². The molecule has 0 heterocycles. The molecule has 2 fully saturated rings. The van der Waals surface area contributed by atoms with Gasteiger partial charge in [0.05, 0.1) is 0 Å². The van der Waals surface area contributed by atoms with Crippen LogP contribution in [0.1, 0.15) is 81.3 Å². The van der Waals surface area contributed by atoms with E-state index in [0.29, 0.717) is 5.92 Å². The van der Waals surface area contributed by atoms with E-state index in [9.17, 15) is 8.78 Å². The van der Waals surface area contributed by atoms with Crippen LogP contribution in [0.5, 0.6) is 0 Å². The third kappa shape index (κ3) is 4.80. The number of halogens is 2. The normalized spacial score (nSPS) is 31.3. The molecule has 0 aromatic heterocycles. The smallest absolute Gasteiger partial charge is 0.211 e. The van der Waals surface area contributed by atoms with Crippen LogP contribution < -0.4 is 0 Å². The van der Waals surface area contributed by atoms with E-state index >= 15 is 0 Å². The lowest BCUT2D eigenvalue weighted by Gasteiger charge is -2.38. The molecule has 1 aromatic carbocycles. The third-order valence-electron chi connectivity index (χ3n) is 6.67. The quantitative estimate of drug-likeness (QED) is 0.537. The molecule has 0 spiro atoms. The molecule has 2 heteroatoms. The molecular weight excluding hydrogens is 302 g/mol. The Morgan fingerprint density at radius 3 is 1.92 bits per heavy atom. The van der Waals surface area contributed by atoms with Gasteiger partial charge in [-0.2, -0.15) is 0 Å². The molecule has 2 aliphatic carbocycles. The van der Waals surface area contributed by atoms with Crippen LogP contribution in [0.25, 0.3) is 0 Å². The largest absolute Gasteiger partial charge is 0.238 e. The first-order valence-electron chi connectivity index (χ1n) is 9.96. The zero-order chi connectivity index (χ0) is 16.9. The molecule has 0 N–H and O–H groups in total. The van der Waals surface area contributed by atoms with E-state index in [1.807, 2.05) is 0 Å². The van der Waals surface area contributed by atoms with Gasteiger partial charge in [0.25, 0.3) is 0 Å². The van der Waals surface area contributed by atoms with Crippen LogP contribution in [-0.4, -0.2) is 6.43 Å². The highest BCUT2D eigenvalue weighted by Gasteiger charge is 2.31. The van der Waals surface area contributed by atoms with Gasteiger partial charge in [-0.25, -0.2) is 8.78 Å². The minimum atomic E-state index is -2.11. The SMILES string of the molecule is Cc1ccc(C2CCC(C3CCC(CCC(F)F)CC3)CC2)cc1. The zero-order valence-corrected chi connectivity index (χ0v) is 15.0. The summed E-state index contributed by atoms with van der Waals surface area (Å²) < 4.78 is 24.7. The lowest BCUT2D eigenvalue weighted by atomic mass is 9.68. The number of hydrogen-bond donors (Lipinski definition) is 0. The number of aryl methyl sites for hydroxylation is 1. The van der Waals surface area contributed by atoms with E-state index < -0.39 is 6.43 Å². The monoisotopic (exact) mass is 334 g/mol. The number of hydrogen-bond acceptors (Lipinski definition) is 0. The van der Waals surface area contributed by atoms with Crippen LogP contribution in [0.3, 0.4) is 0 Å². The van der Waals surface area contributed by atoms with Crippen molar-refractivity contribution in [2.24, 2.45) is 17.8 Å². The number of benzene rings is 1. The predicted molar refractivity (Wildman–Crippen MR) is 96.6 cm³/mol. The fourth-order valence-corrected chi connectivity index (χ4v) is 5.07. The molecule has 134 valence electrons. The average Bonchev–Trinajstić information content (AvgIpc) is 2.61.